The predicted molar refractivity (Wildman–Crippen MR) is 119 cm³/mol. The molecule has 1 atom stereocenters. The van der Waals surface area contributed by atoms with Crippen molar-refractivity contribution in [1.29, 1.82) is 0 Å². The van der Waals surface area contributed by atoms with Gasteiger partial charge in [-0.15, -0.1) is 0 Å². The molecule has 0 spiro atoms. The number of pyridine rings is 1. The Bertz CT molecular complexity index is 1170. The lowest BCUT2D eigenvalue weighted by Gasteiger charge is -2.35. The molecule has 2 aromatic carbocycles. The molecule has 1 N–H and O–H groups in total. The van der Waals surface area contributed by atoms with Crippen LogP contribution in [-0.2, 0) is 9.59 Å². The second-order valence-corrected chi connectivity index (χ2v) is 8.31. The lowest BCUT2D eigenvalue weighted by Crippen LogP contribution is -2.40. The molecule has 5 nitrogen and oxygen atoms in total. The summed E-state index contributed by atoms with van der Waals surface area (Å²) in [5, 5.41) is 13.2. The first-order chi connectivity index (χ1) is 15.2. The zero-order valence-corrected chi connectivity index (χ0v) is 17.2. The molecule has 2 heterocycles. The van der Waals surface area contributed by atoms with E-state index >= 15 is 0 Å². The maximum Gasteiger partial charge on any atom is 0.295 e. The molecule has 1 unspecified atom stereocenters. The molecule has 156 valence electrons. The highest BCUT2D eigenvalue weighted by atomic mass is 16.3. The van der Waals surface area contributed by atoms with Gasteiger partial charge in [-0.3, -0.25) is 14.6 Å². The van der Waals surface area contributed by atoms with E-state index in [1.807, 2.05) is 42.5 Å². The third kappa shape index (κ3) is 3.30. The fraction of sp³-hybridized carbons (Fsp3) is 0.269. The highest BCUT2D eigenvalue weighted by Gasteiger charge is 2.49. The highest BCUT2D eigenvalue weighted by molar-refractivity contribution is 6.46. The molecule has 1 aromatic heterocycles. The van der Waals surface area contributed by atoms with Gasteiger partial charge in [0.25, 0.3) is 11.7 Å². The van der Waals surface area contributed by atoms with Crippen LogP contribution in [0.3, 0.4) is 0 Å². The van der Waals surface area contributed by atoms with E-state index in [4.69, 9.17) is 0 Å². The van der Waals surface area contributed by atoms with Crippen LogP contribution >= 0.6 is 0 Å². The van der Waals surface area contributed by atoms with Crippen LogP contribution in [0.1, 0.15) is 49.3 Å². The maximum atomic E-state index is 13.3. The van der Waals surface area contributed by atoms with Crippen LogP contribution in [0.15, 0.2) is 72.6 Å². The smallest absolute Gasteiger partial charge is 0.295 e. The summed E-state index contributed by atoms with van der Waals surface area (Å²) in [6.07, 6.45) is 8.32. The third-order valence-electron chi connectivity index (χ3n) is 6.49. The number of nitrogens with zero attached hydrogens (tertiary/aromatic N) is 2. The van der Waals surface area contributed by atoms with Crippen molar-refractivity contribution in [3.8, 4) is 0 Å². The summed E-state index contributed by atoms with van der Waals surface area (Å²) in [4.78, 5) is 32.4. The van der Waals surface area contributed by atoms with E-state index in [1.54, 1.807) is 29.4 Å². The van der Waals surface area contributed by atoms with Gasteiger partial charge in [-0.25, -0.2) is 0 Å². The minimum atomic E-state index is -0.629. The first-order valence-corrected chi connectivity index (χ1v) is 10.8. The second kappa shape index (κ2) is 7.99. The summed E-state index contributed by atoms with van der Waals surface area (Å²) in [5.41, 5.74) is 1.46. The molecule has 2 aliphatic rings. The van der Waals surface area contributed by atoms with Crippen LogP contribution in [0.2, 0.25) is 0 Å². The Hall–Kier alpha value is -3.47. The monoisotopic (exact) mass is 412 g/mol. The summed E-state index contributed by atoms with van der Waals surface area (Å²) in [7, 11) is 0. The Kier molecular flexibility index (Phi) is 5.02. The highest BCUT2D eigenvalue weighted by Crippen LogP contribution is 2.43. The molecular formula is C26H24N2O3. The van der Waals surface area contributed by atoms with Gasteiger partial charge >= 0.3 is 0 Å². The number of hydrogen-bond donors (Lipinski definition) is 1. The van der Waals surface area contributed by atoms with Crippen molar-refractivity contribution in [3.63, 3.8) is 0 Å². The molecule has 0 bridgehead atoms. The van der Waals surface area contributed by atoms with Gasteiger partial charge in [-0.1, -0.05) is 67.8 Å². The Balaban J connectivity index is 1.71. The van der Waals surface area contributed by atoms with E-state index in [-0.39, 0.29) is 17.4 Å². The number of carbonyl (C=O) groups is 2. The molecule has 1 saturated carbocycles. The largest absolute Gasteiger partial charge is 0.507 e. The zero-order chi connectivity index (χ0) is 21.4. The van der Waals surface area contributed by atoms with Gasteiger partial charge in [0.2, 0.25) is 0 Å². The Morgan fingerprint density at radius 1 is 0.935 bits per heavy atom. The molecule has 5 heteroatoms. The Morgan fingerprint density at radius 2 is 1.71 bits per heavy atom. The van der Waals surface area contributed by atoms with Gasteiger partial charge in [-0.05, 0) is 35.2 Å². The van der Waals surface area contributed by atoms with Crippen LogP contribution in [0.25, 0.3) is 16.5 Å². The normalized spacial score (nSPS) is 21.7. The summed E-state index contributed by atoms with van der Waals surface area (Å²) in [6, 6.07) is 16.4. The standard InChI is InChI=1S/C26H24N2O3/c29-24(21-14-6-9-17-8-4-5-13-20(17)21)22-23(18-10-7-15-27-16-18)28(26(31)25(22)30)19-11-2-1-3-12-19/h4-10,13-16,19,23,29H,1-3,11-12H2/b24-22-. The maximum absolute atomic E-state index is 13.3. The van der Waals surface area contributed by atoms with Gasteiger partial charge in [0.1, 0.15) is 5.76 Å². The molecule has 5 rings (SSSR count). The molecule has 3 aromatic rings. The van der Waals surface area contributed by atoms with Crippen LogP contribution in [0, 0.1) is 0 Å². The van der Waals surface area contributed by atoms with E-state index in [9.17, 15) is 14.7 Å². The van der Waals surface area contributed by atoms with E-state index < -0.39 is 17.7 Å². The average molecular weight is 412 g/mol. The molecule has 1 aliphatic heterocycles. The molecular weight excluding hydrogens is 388 g/mol. The van der Waals surface area contributed by atoms with Gasteiger partial charge < -0.3 is 10.0 Å². The van der Waals surface area contributed by atoms with Crippen LogP contribution in [0.5, 0.6) is 0 Å². The Morgan fingerprint density at radius 3 is 2.48 bits per heavy atom. The SMILES string of the molecule is O=C1C(=O)N(C2CCCCC2)C(c2cccnc2)/C1=C(/O)c1cccc2ccccc12. The molecule has 1 amide bonds. The van der Waals surface area contributed by atoms with Crippen molar-refractivity contribution in [1.82, 2.24) is 9.88 Å². The first kappa shape index (κ1) is 19.5. The number of likely N-dealkylation sites (tertiary alicyclic amines) is 1. The summed E-state index contributed by atoms with van der Waals surface area (Å²) in [6.45, 7) is 0. The van der Waals surface area contributed by atoms with E-state index in [1.165, 1.54) is 0 Å². The molecule has 0 radical (unpaired) electrons. The van der Waals surface area contributed by atoms with E-state index in [0.29, 0.717) is 5.56 Å². The van der Waals surface area contributed by atoms with Crippen molar-refractivity contribution in [3.05, 3.63) is 83.7 Å². The average Bonchev–Trinajstić information content (AvgIpc) is 3.10. The minimum absolute atomic E-state index is 0.00627. The second-order valence-electron chi connectivity index (χ2n) is 8.31. The van der Waals surface area contributed by atoms with Gasteiger partial charge in [0.15, 0.2) is 0 Å². The number of Topliss-reactive ketones (excluding diaryl/α,β-unsaturated/α-hetero) is 1. The number of aliphatic hydroxyl groups is 1. The lowest BCUT2D eigenvalue weighted by atomic mass is 9.91. The molecule has 1 aliphatic carbocycles. The molecule has 31 heavy (non-hydrogen) atoms. The summed E-state index contributed by atoms with van der Waals surface area (Å²) in [5.74, 6) is -1.27. The quantitative estimate of drug-likeness (QED) is 0.374. The summed E-state index contributed by atoms with van der Waals surface area (Å²) < 4.78 is 0. The minimum Gasteiger partial charge on any atom is -0.507 e. The number of aliphatic hydroxyl groups excluding tert-OH is 1. The molecule has 2 fully saturated rings. The number of carbonyl (C=O) groups excluding carboxylic acids is 2. The number of fused-ring (bicyclic) bond motifs is 1. The van der Waals surface area contributed by atoms with E-state index in [2.05, 4.69) is 4.98 Å². The van der Waals surface area contributed by atoms with Crippen molar-refractivity contribution < 1.29 is 14.7 Å². The summed E-state index contributed by atoms with van der Waals surface area (Å²) >= 11 is 0. The predicted octanol–water partition coefficient (Wildman–Crippen LogP) is 4.99. The molecule has 1 saturated heterocycles. The van der Waals surface area contributed by atoms with Crippen molar-refractivity contribution in [2.24, 2.45) is 0 Å². The zero-order valence-electron chi connectivity index (χ0n) is 17.2. The van der Waals surface area contributed by atoms with Gasteiger partial charge in [0.05, 0.1) is 11.6 Å². The fourth-order valence-electron chi connectivity index (χ4n) is 5.03. The lowest BCUT2D eigenvalue weighted by molar-refractivity contribution is -0.141. The number of benzene rings is 2. The number of amides is 1. The van der Waals surface area contributed by atoms with Crippen molar-refractivity contribution in [2.45, 2.75) is 44.2 Å². The Labute approximate surface area is 181 Å². The van der Waals surface area contributed by atoms with Crippen LogP contribution in [0.4, 0.5) is 0 Å². The van der Waals surface area contributed by atoms with Crippen molar-refractivity contribution >= 4 is 28.2 Å². The topological polar surface area (TPSA) is 70.5 Å². The van der Waals surface area contributed by atoms with E-state index in [0.717, 1.165) is 48.4 Å². The fourth-order valence-corrected chi connectivity index (χ4v) is 5.03. The van der Waals surface area contributed by atoms with Crippen LogP contribution < -0.4 is 0 Å². The van der Waals surface area contributed by atoms with Gasteiger partial charge in [-0.2, -0.15) is 0 Å². The third-order valence-corrected chi connectivity index (χ3v) is 6.49. The number of rotatable bonds is 3. The number of ketones is 1. The van der Waals surface area contributed by atoms with Crippen LogP contribution in [-0.4, -0.2) is 32.7 Å². The number of hydrogen-bond acceptors (Lipinski definition) is 4. The van der Waals surface area contributed by atoms with Crippen molar-refractivity contribution in [2.75, 3.05) is 0 Å². The number of aromatic nitrogens is 1. The van der Waals surface area contributed by atoms with Gasteiger partial charge in [0, 0.05) is 24.0 Å². The first-order valence-electron chi connectivity index (χ1n) is 10.8.